The zero-order valence-corrected chi connectivity index (χ0v) is 11.6. The van der Waals surface area contributed by atoms with Crippen molar-refractivity contribution in [3.63, 3.8) is 0 Å². The van der Waals surface area contributed by atoms with Crippen molar-refractivity contribution in [2.75, 3.05) is 13.2 Å². The van der Waals surface area contributed by atoms with Crippen molar-refractivity contribution >= 4 is 15.7 Å². The molecule has 0 amide bonds. The maximum Gasteiger partial charge on any atom is 0.270 e. The molecule has 0 radical (unpaired) electrons. The van der Waals surface area contributed by atoms with Crippen LogP contribution in [0.25, 0.3) is 0 Å². The largest absolute Gasteiger partial charge is 0.378 e. The third-order valence-corrected chi connectivity index (χ3v) is 4.58. The second-order valence-electron chi connectivity index (χ2n) is 4.58. The number of rotatable bonds is 6. The smallest absolute Gasteiger partial charge is 0.270 e. The van der Waals surface area contributed by atoms with Crippen LogP contribution in [0.1, 0.15) is 19.3 Å². The number of nitro benzene ring substituents is 1. The molecule has 1 aliphatic heterocycles. The van der Waals surface area contributed by atoms with Gasteiger partial charge in [-0.1, -0.05) is 6.07 Å². The Balaban J connectivity index is 1.98. The second-order valence-corrected chi connectivity index (χ2v) is 6.34. The molecule has 0 saturated carbocycles. The molecule has 1 heterocycles. The Kier molecular flexibility index (Phi) is 4.69. The lowest BCUT2D eigenvalue weighted by Crippen LogP contribution is -2.27. The molecule has 1 aliphatic rings. The maximum atomic E-state index is 12.0. The standard InChI is InChI=1S/C12H16N2O5S/c15-14(16)10-3-1-5-12(9-10)20(17,18)13-7-6-11-4-2-8-19-11/h1,3,5,9,11,13H,2,4,6-8H2. The van der Waals surface area contributed by atoms with Crippen molar-refractivity contribution in [2.24, 2.45) is 0 Å². The monoisotopic (exact) mass is 300 g/mol. The lowest BCUT2D eigenvalue weighted by molar-refractivity contribution is -0.385. The van der Waals surface area contributed by atoms with Gasteiger partial charge in [0.05, 0.1) is 15.9 Å². The minimum absolute atomic E-state index is 0.0981. The highest BCUT2D eigenvalue weighted by molar-refractivity contribution is 7.89. The van der Waals surface area contributed by atoms with E-state index in [1.54, 1.807) is 0 Å². The van der Waals surface area contributed by atoms with E-state index in [-0.39, 0.29) is 23.2 Å². The van der Waals surface area contributed by atoms with Gasteiger partial charge in [0.1, 0.15) is 0 Å². The van der Waals surface area contributed by atoms with Gasteiger partial charge >= 0.3 is 0 Å². The van der Waals surface area contributed by atoms with Gasteiger partial charge in [0.25, 0.3) is 5.69 Å². The van der Waals surface area contributed by atoms with E-state index in [0.717, 1.165) is 25.5 Å². The molecule has 7 nitrogen and oxygen atoms in total. The fourth-order valence-electron chi connectivity index (χ4n) is 2.07. The zero-order chi connectivity index (χ0) is 14.6. The topological polar surface area (TPSA) is 98.5 Å². The number of hydrogen-bond acceptors (Lipinski definition) is 5. The minimum atomic E-state index is -3.72. The van der Waals surface area contributed by atoms with Crippen LogP contribution in [0.5, 0.6) is 0 Å². The van der Waals surface area contributed by atoms with Crippen molar-refractivity contribution in [2.45, 2.75) is 30.3 Å². The van der Waals surface area contributed by atoms with E-state index >= 15 is 0 Å². The molecule has 1 aromatic rings. The number of ether oxygens (including phenoxy) is 1. The Morgan fingerprint density at radius 2 is 2.25 bits per heavy atom. The highest BCUT2D eigenvalue weighted by atomic mass is 32.2. The van der Waals surface area contributed by atoms with Gasteiger partial charge in [-0.2, -0.15) is 0 Å². The van der Waals surface area contributed by atoms with Crippen molar-refractivity contribution in [3.8, 4) is 0 Å². The number of non-ortho nitro benzene ring substituents is 1. The predicted octanol–water partition coefficient (Wildman–Crippen LogP) is 1.44. The first kappa shape index (κ1) is 14.9. The summed E-state index contributed by atoms with van der Waals surface area (Å²) in [6.07, 6.45) is 2.65. The van der Waals surface area contributed by atoms with Crippen LogP contribution in [0.2, 0.25) is 0 Å². The first-order valence-electron chi connectivity index (χ1n) is 6.35. The molecule has 2 rings (SSSR count). The van der Waals surface area contributed by atoms with Crippen LogP contribution in [0.3, 0.4) is 0 Å². The fraction of sp³-hybridized carbons (Fsp3) is 0.500. The molecule has 1 saturated heterocycles. The molecule has 0 aliphatic carbocycles. The summed E-state index contributed by atoms with van der Waals surface area (Å²) >= 11 is 0. The van der Waals surface area contributed by atoms with E-state index in [9.17, 15) is 18.5 Å². The Morgan fingerprint density at radius 3 is 2.90 bits per heavy atom. The van der Waals surface area contributed by atoms with Gasteiger partial charge in [0, 0.05) is 25.3 Å². The van der Waals surface area contributed by atoms with Crippen LogP contribution < -0.4 is 4.72 Å². The number of hydrogen-bond donors (Lipinski definition) is 1. The van der Waals surface area contributed by atoms with E-state index in [2.05, 4.69) is 4.72 Å². The van der Waals surface area contributed by atoms with Crippen LogP contribution in [0.4, 0.5) is 5.69 Å². The minimum Gasteiger partial charge on any atom is -0.378 e. The van der Waals surface area contributed by atoms with Crippen LogP contribution in [0, 0.1) is 10.1 Å². The van der Waals surface area contributed by atoms with Crippen LogP contribution in [-0.4, -0.2) is 32.6 Å². The van der Waals surface area contributed by atoms with E-state index in [1.807, 2.05) is 0 Å². The third-order valence-electron chi connectivity index (χ3n) is 3.12. The van der Waals surface area contributed by atoms with Crippen molar-refractivity contribution in [3.05, 3.63) is 34.4 Å². The average molecular weight is 300 g/mol. The van der Waals surface area contributed by atoms with Gasteiger partial charge in [-0.3, -0.25) is 10.1 Å². The molecule has 20 heavy (non-hydrogen) atoms. The van der Waals surface area contributed by atoms with Crippen LogP contribution in [-0.2, 0) is 14.8 Å². The van der Waals surface area contributed by atoms with E-state index in [1.165, 1.54) is 18.2 Å². The quantitative estimate of drug-likeness (QED) is 0.633. The van der Waals surface area contributed by atoms with Gasteiger partial charge in [0.15, 0.2) is 0 Å². The SMILES string of the molecule is O=[N+]([O-])c1cccc(S(=O)(=O)NCCC2CCCO2)c1. The van der Waals surface area contributed by atoms with Gasteiger partial charge in [-0.25, -0.2) is 13.1 Å². The van der Waals surface area contributed by atoms with E-state index in [0.29, 0.717) is 6.42 Å². The second kappa shape index (κ2) is 6.29. The van der Waals surface area contributed by atoms with Gasteiger partial charge in [0.2, 0.25) is 10.0 Å². The number of nitro groups is 1. The van der Waals surface area contributed by atoms with Gasteiger partial charge < -0.3 is 4.74 Å². The maximum absolute atomic E-state index is 12.0. The molecular formula is C12H16N2O5S. The summed E-state index contributed by atoms with van der Waals surface area (Å²) in [7, 11) is -3.72. The van der Waals surface area contributed by atoms with Crippen molar-refractivity contribution in [1.29, 1.82) is 0 Å². The van der Waals surface area contributed by atoms with Gasteiger partial charge in [-0.15, -0.1) is 0 Å². The molecular weight excluding hydrogens is 284 g/mol. The van der Waals surface area contributed by atoms with E-state index < -0.39 is 14.9 Å². The molecule has 110 valence electrons. The average Bonchev–Trinajstić information content (AvgIpc) is 2.92. The van der Waals surface area contributed by atoms with E-state index in [4.69, 9.17) is 4.74 Å². The zero-order valence-electron chi connectivity index (χ0n) is 10.8. The highest BCUT2D eigenvalue weighted by Gasteiger charge is 2.19. The van der Waals surface area contributed by atoms with Crippen molar-refractivity contribution in [1.82, 2.24) is 4.72 Å². The number of benzene rings is 1. The molecule has 1 atom stereocenters. The Morgan fingerprint density at radius 1 is 1.45 bits per heavy atom. The lowest BCUT2D eigenvalue weighted by Gasteiger charge is -2.10. The summed E-state index contributed by atoms with van der Waals surface area (Å²) in [6, 6.07) is 4.99. The lowest BCUT2D eigenvalue weighted by atomic mass is 10.2. The summed E-state index contributed by atoms with van der Waals surface area (Å²) in [5.74, 6) is 0. The summed E-state index contributed by atoms with van der Waals surface area (Å²) in [6.45, 7) is 0.984. The first-order chi connectivity index (χ1) is 9.49. The Hall–Kier alpha value is -1.51. The number of nitrogens with one attached hydrogen (secondary N) is 1. The molecule has 0 aromatic heterocycles. The highest BCUT2D eigenvalue weighted by Crippen LogP contribution is 2.18. The van der Waals surface area contributed by atoms with Gasteiger partial charge in [-0.05, 0) is 25.3 Å². The molecule has 1 unspecified atom stereocenters. The molecule has 1 aromatic carbocycles. The molecule has 0 spiro atoms. The summed E-state index contributed by atoms with van der Waals surface area (Å²) in [4.78, 5) is 9.92. The third kappa shape index (κ3) is 3.75. The Bertz CT molecular complexity index is 581. The molecule has 8 heteroatoms. The number of nitrogens with zero attached hydrogens (tertiary/aromatic N) is 1. The van der Waals surface area contributed by atoms with Crippen molar-refractivity contribution < 1.29 is 18.1 Å². The summed E-state index contributed by atoms with van der Waals surface area (Å²) in [5, 5.41) is 10.6. The first-order valence-corrected chi connectivity index (χ1v) is 7.83. The van der Waals surface area contributed by atoms with Crippen LogP contribution in [0.15, 0.2) is 29.2 Å². The predicted molar refractivity (Wildman–Crippen MR) is 71.9 cm³/mol. The molecule has 1 fully saturated rings. The number of sulfonamides is 1. The summed E-state index contributed by atoms with van der Waals surface area (Å²) in [5.41, 5.74) is -0.244. The summed E-state index contributed by atoms with van der Waals surface area (Å²) < 4.78 is 31.9. The normalized spacial score (nSPS) is 19.1. The van der Waals surface area contributed by atoms with Crippen LogP contribution >= 0.6 is 0 Å². The molecule has 0 bridgehead atoms. The molecule has 1 N–H and O–H groups in total. The fourth-order valence-corrected chi connectivity index (χ4v) is 3.16. The Labute approximate surface area is 117 Å².